The summed E-state index contributed by atoms with van der Waals surface area (Å²) in [6.45, 7) is 2.21. The molecule has 1 aromatic heterocycles. The van der Waals surface area contributed by atoms with E-state index in [2.05, 4.69) is 4.90 Å². The normalized spacial score (nSPS) is 17.5. The molecule has 2 N–H and O–H groups in total. The molecule has 104 valence electrons. The van der Waals surface area contributed by atoms with Gasteiger partial charge in [-0.2, -0.15) is 0 Å². The van der Waals surface area contributed by atoms with Crippen molar-refractivity contribution in [2.45, 2.75) is 19.3 Å². The Hall–Kier alpha value is -1.62. The monoisotopic (exact) mass is 263 g/mol. The summed E-state index contributed by atoms with van der Waals surface area (Å²) >= 11 is 0. The van der Waals surface area contributed by atoms with Crippen molar-refractivity contribution in [2.75, 3.05) is 19.6 Å². The van der Waals surface area contributed by atoms with Crippen molar-refractivity contribution in [1.29, 1.82) is 0 Å². The molecule has 0 saturated carbocycles. The van der Waals surface area contributed by atoms with E-state index in [1.165, 1.54) is 0 Å². The maximum absolute atomic E-state index is 12.1. The van der Waals surface area contributed by atoms with Crippen molar-refractivity contribution < 1.29 is 9.59 Å². The highest BCUT2D eigenvalue weighted by atomic mass is 16.1. The first kappa shape index (κ1) is 13.8. The van der Waals surface area contributed by atoms with Crippen LogP contribution < -0.4 is 5.73 Å². The highest BCUT2D eigenvalue weighted by Gasteiger charge is 2.22. The second-order valence-corrected chi connectivity index (χ2v) is 5.38. The van der Waals surface area contributed by atoms with E-state index in [4.69, 9.17) is 5.73 Å². The number of primary amides is 1. The van der Waals surface area contributed by atoms with Gasteiger partial charge in [0, 0.05) is 31.4 Å². The van der Waals surface area contributed by atoms with Crippen molar-refractivity contribution in [3.05, 3.63) is 24.0 Å². The lowest BCUT2D eigenvalue weighted by molar-refractivity contribution is -0.119. The number of nitrogens with two attached hydrogens (primary N) is 1. The van der Waals surface area contributed by atoms with Crippen LogP contribution in [0.25, 0.3) is 0 Å². The lowest BCUT2D eigenvalue weighted by Gasteiger charge is -2.30. The minimum Gasteiger partial charge on any atom is -0.370 e. The molecule has 0 radical (unpaired) electrons. The van der Waals surface area contributed by atoms with E-state index in [-0.39, 0.29) is 11.7 Å². The van der Waals surface area contributed by atoms with E-state index >= 15 is 0 Å². The van der Waals surface area contributed by atoms with E-state index < -0.39 is 0 Å². The number of aryl methyl sites for hydroxylation is 1. The van der Waals surface area contributed by atoms with Gasteiger partial charge in [0.05, 0.1) is 6.54 Å². The van der Waals surface area contributed by atoms with Crippen LogP contribution >= 0.6 is 0 Å². The molecular formula is C14H21N3O2. The second-order valence-electron chi connectivity index (χ2n) is 5.38. The van der Waals surface area contributed by atoms with Crippen LogP contribution in [0.15, 0.2) is 18.5 Å². The molecule has 1 amide bonds. The summed E-state index contributed by atoms with van der Waals surface area (Å²) in [5.41, 5.74) is 5.97. The highest BCUT2D eigenvalue weighted by Crippen LogP contribution is 2.20. The molecule has 0 aliphatic carbocycles. The Morgan fingerprint density at radius 1 is 1.37 bits per heavy atom. The van der Waals surface area contributed by atoms with Crippen molar-refractivity contribution in [3.63, 3.8) is 0 Å². The van der Waals surface area contributed by atoms with Crippen LogP contribution in [-0.2, 0) is 11.8 Å². The van der Waals surface area contributed by atoms with Gasteiger partial charge in [-0.1, -0.05) is 0 Å². The lowest BCUT2D eigenvalue weighted by atomic mass is 9.93. The maximum atomic E-state index is 12.1. The third kappa shape index (κ3) is 3.92. The van der Waals surface area contributed by atoms with Crippen LogP contribution in [0.5, 0.6) is 0 Å². The molecule has 19 heavy (non-hydrogen) atoms. The molecule has 5 nitrogen and oxygen atoms in total. The number of carbonyl (C=O) groups excluding carboxylic acids is 2. The summed E-state index contributed by atoms with van der Waals surface area (Å²) < 4.78 is 1.88. The summed E-state index contributed by atoms with van der Waals surface area (Å²) in [6, 6.07) is 1.85. The van der Waals surface area contributed by atoms with Gasteiger partial charge in [-0.25, -0.2) is 0 Å². The van der Waals surface area contributed by atoms with Crippen LogP contribution in [0, 0.1) is 5.92 Å². The van der Waals surface area contributed by atoms with Crippen LogP contribution in [-0.4, -0.2) is 40.8 Å². The third-order valence-electron chi connectivity index (χ3n) is 3.72. The van der Waals surface area contributed by atoms with Crippen molar-refractivity contribution >= 4 is 11.7 Å². The minimum absolute atomic E-state index is 0.161. The predicted octanol–water partition coefficient (Wildman–Crippen LogP) is 0.795. The lowest BCUT2D eigenvalue weighted by Crippen LogP contribution is -2.38. The van der Waals surface area contributed by atoms with Gasteiger partial charge >= 0.3 is 0 Å². The maximum Gasteiger partial charge on any atom is 0.217 e. The van der Waals surface area contributed by atoms with Gasteiger partial charge in [0.25, 0.3) is 0 Å². The Morgan fingerprint density at radius 3 is 2.58 bits per heavy atom. The number of likely N-dealkylation sites (tertiary alicyclic amines) is 1. The molecule has 1 saturated heterocycles. The van der Waals surface area contributed by atoms with E-state index in [0.717, 1.165) is 31.5 Å². The number of rotatable bonds is 5. The second kappa shape index (κ2) is 6.02. The smallest absolute Gasteiger partial charge is 0.217 e. The largest absolute Gasteiger partial charge is 0.370 e. The molecule has 0 unspecified atom stereocenters. The standard InChI is InChI=1S/C14H21N3O2/c1-16-5-4-12(9-16)13(18)10-17-6-2-11(3-7-17)8-14(15)19/h4-5,9,11H,2-3,6-8,10H2,1H3,(H2,15,19). The Labute approximate surface area is 113 Å². The Morgan fingerprint density at radius 2 is 2.05 bits per heavy atom. The number of carbonyl (C=O) groups is 2. The van der Waals surface area contributed by atoms with Crippen LogP contribution in [0.3, 0.4) is 0 Å². The fourth-order valence-electron chi connectivity index (χ4n) is 2.60. The van der Waals surface area contributed by atoms with E-state index in [0.29, 0.717) is 18.9 Å². The number of amides is 1. The molecule has 0 atom stereocenters. The summed E-state index contributed by atoms with van der Waals surface area (Å²) in [6.07, 6.45) is 6.10. The van der Waals surface area contributed by atoms with Gasteiger partial charge in [-0.05, 0) is 37.9 Å². The zero-order chi connectivity index (χ0) is 13.8. The molecule has 0 bridgehead atoms. The topological polar surface area (TPSA) is 68.3 Å². The van der Waals surface area contributed by atoms with Gasteiger partial charge in [-0.3, -0.25) is 14.5 Å². The zero-order valence-corrected chi connectivity index (χ0v) is 11.3. The molecule has 1 aliphatic rings. The van der Waals surface area contributed by atoms with Crippen LogP contribution in [0.1, 0.15) is 29.6 Å². The van der Waals surface area contributed by atoms with Gasteiger partial charge in [0.1, 0.15) is 0 Å². The molecule has 0 aromatic carbocycles. The molecule has 0 spiro atoms. The fraction of sp³-hybridized carbons (Fsp3) is 0.571. The SMILES string of the molecule is Cn1ccc(C(=O)CN2CCC(CC(N)=O)CC2)c1. The Balaban J connectivity index is 1.79. The first-order valence-corrected chi connectivity index (χ1v) is 6.70. The van der Waals surface area contributed by atoms with E-state index in [1.54, 1.807) is 0 Å². The van der Waals surface area contributed by atoms with Gasteiger partial charge < -0.3 is 10.3 Å². The summed E-state index contributed by atoms with van der Waals surface area (Å²) in [5, 5.41) is 0. The van der Waals surface area contributed by atoms with Crippen molar-refractivity contribution in [2.24, 2.45) is 18.7 Å². The van der Waals surface area contributed by atoms with Crippen molar-refractivity contribution in [3.8, 4) is 0 Å². The Kier molecular flexibility index (Phi) is 4.37. The summed E-state index contributed by atoms with van der Waals surface area (Å²) in [7, 11) is 1.91. The molecule has 2 rings (SSSR count). The zero-order valence-electron chi connectivity index (χ0n) is 11.3. The molecule has 1 fully saturated rings. The third-order valence-corrected chi connectivity index (χ3v) is 3.72. The molecule has 1 aliphatic heterocycles. The number of piperidine rings is 1. The number of ketones is 1. The number of nitrogens with zero attached hydrogens (tertiary/aromatic N) is 2. The number of hydrogen-bond donors (Lipinski definition) is 1. The molecular weight excluding hydrogens is 242 g/mol. The predicted molar refractivity (Wildman–Crippen MR) is 72.7 cm³/mol. The van der Waals surface area contributed by atoms with E-state index in [9.17, 15) is 9.59 Å². The number of Topliss-reactive ketones (excluding diaryl/α,β-unsaturated/α-hetero) is 1. The Bertz CT molecular complexity index is 459. The van der Waals surface area contributed by atoms with Gasteiger partial charge in [0.15, 0.2) is 5.78 Å². The number of aromatic nitrogens is 1. The van der Waals surface area contributed by atoms with Crippen LogP contribution in [0.2, 0.25) is 0 Å². The van der Waals surface area contributed by atoms with Gasteiger partial charge in [-0.15, -0.1) is 0 Å². The average Bonchev–Trinajstić information content (AvgIpc) is 2.78. The molecule has 2 heterocycles. The number of hydrogen-bond acceptors (Lipinski definition) is 3. The average molecular weight is 263 g/mol. The molecule has 1 aromatic rings. The first-order valence-electron chi connectivity index (χ1n) is 6.70. The fourth-order valence-corrected chi connectivity index (χ4v) is 2.60. The van der Waals surface area contributed by atoms with Gasteiger partial charge in [0.2, 0.25) is 5.91 Å². The summed E-state index contributed by atoms with van der Waals surface area (Å²) in [4.78, 5) is 25.1. The highest BCUT2D eigenvalue weighted by molar-refractivity contribution is 5.97. The van der Waals surface area contributed by atoms with E-state index in [1.807, 2.05) is 30.1 Å². The quantitative estimate of drug-likeness (QED) is 0.799. The summed E-state index contributed by atoms with van der Waals surface area (Å²) in [5.74, 6) is 0.327. The minimum atomic E-state index is -0.223. The molecule has 5 heteroatoms. The first-order chi connectivity index (χ1) is 9.04. The van der Waals surface area contributed by atoms with Crippen LogP contribution in [0.4, 0.5) is 0 Å². The van der Waals surface area contributed by atoms with Crippen molar-refractivity contribution in [1.82, 2.24) is 9.47 Å².